The predicted octanol–water partition coefficient (Wildman–Crippen LogP) is 10.1. The van der Waals surface area contributed by atoms with Crippen molar-refractivity contribution in [3.63, 3.8) is 0 Å². The molecule has 1 nitrogen and oxygen atoms in total. The summed E-state index contributed by atoms with van der Waals surface area (Å²) in [4.78, 5) is 0. The number of hydrogen-bond acceptors (Lipinski definition) is 2. The number of phenolic OH excluding ortho intramolecular Hbond substituents is 1. The first-order valence-corrected chi connectivity index (χ1v) is 15.6. The average Bonchev–Trinajstić information content (AvgIpc) is 2.81. The van der Waals surface area contributed by atoms with Crippen molar-refractivity contribution in [2.24, 2.45) is 5.92 Å². The van der Waals surface area contributed by atoms with Crippen LogP contribution < -0.4 is 5.30 Å². The Morgan fingerprint density at radius 3 is 2.06 bits per heavy atom. The van der Waals surface area contributed by atoms with E-state index in [1.807, 2.05) is 0 Å². The maximum Gasteiger partial charge on any atom is 0.123 e. The van der Waals surface area contributed by atoms with E-state index in [9.17, 15) is 5.11 Å². The van der Waals surface area contributed by atoms with Crippen LogP contribution in [0.25, 0.3) is 0 Å². The Labute approximate surface area is 230 Å². The third-order valence-corrected chi connectivity index (χ3v) is 11.0. The lowest BCUT2D eigenvalue weighted by Gasteiger charge is -2.40. The second kappa shape index (κ2) is 12.3. The molecule has 0 amide bonds. The van der Waals surface area contributed by atoms with E-state index in [-0.39, 0.29) is 21.2 Å². The summed E-state index contributed by atoms with van der Waals surface area (Å²) in [6.07, 6.45) is 5.48. The van der Waals surface area contributed by atoms with Gasteiger partial charge in [-0.25, -0.2) is 0 Å². The fourth-order valence-electron chi connectivity index (χ4n) is 5.30. The highest BCUT2D eigenvalue weighted by Gasteiger charge is 2.39. The fraction of sp³-hybridized carbons (Fsp3) is 0.636. The van der Waals surface area contributed by atoms with Crippen molar-refractivity contribution in [1.82, 2.24) is 0 Å². The molecule has 4 atom stereocenters. The molecule has 0 aliphatic rings. The van der Waals surface area contributed by atoms with E-state index in [1.54, 1.807) is 0 Å². The summed E-state index contributed by atoms with van der Waals surface area (Å²) in [6.45, 7) is 25.0. The van der Waals surface area contributed by atoms with Gasteiger partial charge in [0.1, 0.15) is 5.75 Å². The van der Waals surface area contributed by atoms with Crippen molar-refractivity contribution >= 4 is 26.5 Å². The van der Waals surface area contributed by atoms with Gasteiger partial charge in [-0.2, -0.15) is 12.6 Å². The second-order valence-electron chi connectivity index (χ2n) is 12.6. The Bertz CT molecular complexity index is 1020. The number of unbranched alkanes of at least 4 members (excludes halogenated alkanes) is 1. The zero-order chi connectivity index (χ0) is 27.5. The molecule has 202 valence electrons. The van der Waals surface area contributed by atoms with E-state index in [0.29, 0.717) is 20.2 Å². The second-order valence-corrected chi connectivity index (χ2v) is 15.2. The van der Waals surface area contributed by atoms with E-state index >= 15 is 0 Å². The van der Waals surface area contributed by atoms with Crippen LogP contribution in [0.5, 0.6) is 5.75 Å². The van der Waals surface area contributed by atoms with E-state index in [4.69, 9.17) is 12.6 Å². The number of rotatable bonds is 11. The number of benzene rings is 2. The number of phenols is 1. The molecule has 0 saturated heterocycles. The van der Waals surface area contributed by atoms with Gasteiger partial charge < -0.3 is 5.11 Å². The zero-order valence-corrected chi connectivity index (χ0v) is 26.9. The Morgan fingerprint density at radius 2 is 1.56 bits per heavy atom. The molecule has 0 aliphatic heterocycles. The minimum absolute atomic E-state index is 0.00468. The Morgan fingerprint density at radius 1 is 0.944 bits per heavy atom. The lowest BCUT2D eigenvalue weighted by Crippen LogP contribution is -2.30. The highest BCUT2D eigenvalue weighted by molar-refractivity contribution is 7.80. The highest BCUT2D eigenvalue weighted by atomic mass is 32.1. The van der Waals surface area contributed by atoms with Gasteiger partial charge in [0.05, 0.1) is 0 Å². The number of aromatic hydroxyl groups is 1. The summed E-state index contributed by atoms with van der Waals surface area (Å²) in [5.74, 6) is 1.00. The average molecular weight is 529 g/mol. The van der Waals surface area contributed by atoms with Crippen molar-refractivity contribution in [2.75, 3.05) is 0 Å². The van der Waals surface area contributed by atoms with Crippen molar-refractivity contribution in [1.29, 1.82) is 0 Å². The van der Waals surface area contributed by atoms with Gasteiger partial charge in [0.15, 0.2) is 0 Å². The van der Waals surface area contributed by atoms with Crippen molar-refractivity contribution in [3.8, 4) is 5.75 Å². The molecule has 0 bridgehead atoms. The molecule has 0 heterocycles. The molecule has 36 heavy (non-hydrogen) atoms. The molecule has 0 saturated carbocycles. The summed E-state index contributed by atoms with van der Waals surface area (Å²) in [7, 11) is 0.583. The van der Waals surface area contributed by atoms with Crippen LogP contribution in [0.1, 0.15) is 134 Å². The number of hydrogen-bond donors (Lipinski definition) is 2. The molecule has 4 unspecified atom stereocenters. The molecular weight excluding hydrogens is 475 g/mol. The monoisotopic (exact) mass is 528 g/mol. The molecule has 0 aliphatic carbocycles. The largest absolute Gasteiger partial charge is 0.507 e. The molecule has 0 fully saturated rings. The van der Waals surface area contributed by atoms with Gasteiger partial charge in [-0.15, -0.1) is 0 Å². The topological polar surface area (TPSA) is 20.2 Å². The van der Waals surface area contributed by atoms with Gasteiger partial charge in [-0.1, -0.05) is 126 Å². The molecule has 3 heteroatoms. The molecule has 0 aromatic heterocycles. The third kappa shape index (κ3) is 6.71. The minimum atomic E-state index is -0.114. The normalized spacial score (nSPS) is 16.3. The van der Waals surface area contributed by atoms with E-state index < -0.39 is 0 Å². The van der Waals surface area contributed by atoms with Gasteiger partial charge in [0, 0.05) is 21.5 Å². The predicted molar refractivity (Wildman–Crippen MR) is 167 cm³/mol. The molecule has 2 rings (SSSR count). The van der Waals surface area contributed by atoms with Crippen LogP contribution in [0.4, 0.5) is 0 Å². The third-order valence-electron chi connectivity index (χ3n) is 8.62. The maximum absolute atomic E-state index is 12.1. The van der Waals surface area contributed by atoms with Crippen LogP contribution >= 0.6 is 21.2 Å². The summed E-state index contributed by atoms with van der Waals surface area (Å²) in [6, 6.07) is 11.5. The SMILES string of the molecule is CCCCC(CC)(Pc1ccc(C)cc1C(C)S)c1cc(C(C)(C)C)cc(C(C)(C)C(C)CC)c1O. The van der Waals surface area contributed by atoms with Gasteiger partial charge in [-0.3, -0.25) is 0 Å². The van der Waals surface area contributed by atoms with Crippen LogP contribution in [0.15, 0.2) is 30.3 Å². The molecule has 1 N–H and O–H groups in total. The van der Waals surface area contributed by atoms with E-state index in [2.05, 4.69) is 106 Å². The summed E-state index contributed by atoms with van der Waals surface area (Å²) in [5.41, 5.74) is 6.11. The van der Waals surface area contributed by atoms with Crippen molar-refractivity contribution in [3.05, 3.63) is 58.1 Å². The maximum atomic E-state index is 12.1. The Hall–Kier alpha value is -0.980. The van der Waals surface area contributed by atoms with Crippen LogP contribution in [-0.2, 0) is 16.0 Å². The van der Waals surface area contributed by atoms with Gasteiger partial charge in [-0.05, 0) is 59.9 Å². The van der Waals surface area contributed by atoms with Crippen LogP contribution in [0.2, 0.25) is 0 Å². The Kier molecular flexibility index (Phi) is 10.6. The van der Waals surface area contributed by atoms with E-state index in [0.717, 1.165) is 43.2 Å². The molecule has 0 radical (unpaired) electrons. The van der Waals surface area contributed by atoms with Gasteiger partial charge in [0.2, 0.25) is 0 Å². The van der Waals surface area contributed by atoms with Crippen molar-refractivity contribution in [2.45, 2.75) is 130 Å². The van der Waals surface area contributed by atoms with Crippen LogP contribution in [-0.4, -0.2) is 5.11 Å². The lowest BCUT2D eigenvalue weighted by molar-refractivity contribution is 0.317. The summed E-state index contributed by atoms with van der Waals surface area (Å²) in [5, 5.41) is 13.6. The lowest BCUT2D eigenvalue weighted by atomic mass is 9.69. The molecule has 0 spiro atoms. The molecule has 2 aromatic rings. The quantitative estimate of drug-likeness (QED) is 0.220. The fourth-order valence-corrected chi connectivity index (χ4v) is 7.55. The minimum Gasteiger partial charge on any atom is -0.507 e. The van der Waals surface area contributed by atoms with Crippen LogP contribution in [0.3, 0.4) is 0 Å². The molecular formula is C33H53OPS. The van der Waals surface area contributed by atoms with Crippen LogP contribution in [0, 0.1) is 12.8 Å². The first-order valence-electron chi connectivity index (χ1n) is 14.1. The standard InChI is InChI=1S/C33H53OPS/c1-12-15-18-33(14-3,35-29-17-16-22(4)19-26(29)24(6)36)28-21-25(31(7,8)9)20-27(30(28)34)32(10,11)23(5)13-2/h16-17,19-21,23-24,34-36H,12-15,18H2,1-11H3. The highest BCUT2D eigenvalue weighted by Crippen LogP contribution is 2.55. The summed E-state index contributed by atoms with van der Waals surface area (Å²) < 4.78 is 0. The first kappa shape index (κ1) is 31.2. The van der Waals surface area contributed by atoms with Gasteiger partial charge in [0.25, 0.3) is 0 Å². The van der Waals surface area contributed by atoms with E-state index in [1.165, 1.54) is 22.0 Å². The number of thiol groups is 1. The first-order chi connectivity index (χ1) is 16.6. The zero-order valence-electron chi connectivity index (χ0n) is 25.0. The smallest absolute Gasteiger partial charge is 0.123 e. The van der Waals surface area contributed by atoms with Gasteiger partial charge >= 0.3 is 0 Å². The number of aryl methyl sites for hydroxylation is 1. The Balaban J connectivity index is 2.90. The molecule has 2 aromatic carbocycles. The summed E-state index contributed by atoms with van der Waals surface area (Å²) >= 11 is 4.86. The van der Waals surface area contributed by atoms with Crippen molar-refractivity contribution < 1.29 is 5.11 Å².